The SMILES string of the molecule is CC(C)(C)OC(=O)N1CCC2(CC2(F)F)C1C(=O)O. The van der Waals surface area contributed by atoms with E-state index in [1.807, 2.05) is 0 Å². The van der Waals surface area contributed by atoms with E-state index in [0.717, 1.165) is 4.90 Å². The number of halogens is 2. The van der Waals surface area contributed by atoms with Gasteiger partial charge >= 0.3 is 12.1 Å². The number of amides is 1. The molecular weight excluding hydrogens is 260 g/mol. The predicted molar refractivity (Wildman–Crippen MR) is 61.0 cm³/mol. The number of carbonyl (C=O) groups is 2. The molecule has 1 amide bonds. The highest BCUT2D eigenvalue weighted by Gasteiger charge is 2.79. The summed E-state index contributed by atoms with van der Waals surface area (Å²) >= 11 is 0. The van der Waals surface area contributed by atoms with Gasteiger partial charge in [-0.25, -0.2) is 18.4 Å². The molecule has 1 spiro atoms. The number of hydrogen-bond donors (Lipinski definition) is 1. The Morgan fingerprint density at radius 1 is 1.37 bits per heavy atom. The summed E-state index contributed by atoms with van der Waals surface area (Å²) < 4.78 is 31.9. The highest BCUT2D eigenvalue weighted by Crippen LogP contribution is 2.68. The Labute approximate surface area is 109 Å². The third-order valence-corrected chi connectivity index (χ3v) is 3.64. The molecule has 1 aliphatic carbocycles. The van der Waals surface area contributed by atoms with Crippen LogP contribution in [0.2, 0.25) is 0 Å². The zero-order valence-corrected chi connectivity index (χ0v) is 11.1. The Morgan fingerprint density at radius 2 is 1.89 bits per heavy atom. The number of rotatable bonds is 1. The van der Waals surface area contributed by atoms with E-state index < -0.39 is 41.5 Å². The van der Waals surface area contributed by atoms with Crippen molar-refractivity contribution >= 4 is 12.1 Å². The minimum atomic E-state index is -3.01. The van der Waals surface area contributed by atoms with E-state index in [9.17, 15) is 18.4 Å². The maximum absolute atomic E-state index is 13.4. The fourth-order valence-electron chi connectivity index (χ4n) is 2.69. The molecule has 0 radical (unpaired) electrons. The molecule has 1 saturated carbocycles. The van der Waals surface area contributed by atoms with E-state index in [0.29, 0.717) is 0 Å². The number of carboxylic acids is 1. The average Bonchev–Trinajstić information content (AvgIpc) is 2.58. The second kappa shape index (κ2) is 3.80. The number of ether oxygens (including phenoxy) is 1. The molecule has 7 heteroatoms. The zero-order chi connectivity index (χ0) is 14.6. The lowest BCUT2D eigenvalue weighted by Gasteiger charge is -2.28. The van der Waals surface area contributed by atoms with Crippen LogP contribution < -0.4 is 0 Å². The van der Waals surface area contributed by atoms with Crippen LogP contribution >= 0.6 is 0 Å². The Morgan fingerprint density at radius 3 is 2.26 bits per heavy atom. The smallest absolute Gasteiger partial charge is 0.411 e. The molecular formula is C12H17F2NO4. The van der Waals surface area contributed by atoms with Crippen molar-refractivity contribution in [3.63, 3.8) is 0 Å². The minimum absolute atomic E-state index is 0.00376. The van der Waals surface area contributed by atoms with E-state index in [2.05, 4.69) is 0 Å². The van der Waals surface area contributed by atoms with Crippen LogP contribution in [-0.2, 0) is 9.53 Å². The van der Waals surface area contributed by atoms with Gasteiger partial charge in [0.2, 0.25) is 0 Å². The molecule has 1 N–H and O–H groups in total. The Balaban J connectivity index is 2.20. The highest BCUT2D eigenvalue weighted by atomic mass is 19.3. The van der Waals surface area contributed by atoms with Gasteiger partial charge in [0.15, 0.2) is 0 Å². The van der Waals surface area contributed by atoms with Crippen molar-refractivity contribution in [1.82, 2.24) is 4.90 Å². The predicted octanol–water partition coefficient (Wildman–Crippen LogP) is 2.11. The van der Waals surface area contributed by atoms with Crippen molar-refractivity contribution in [1.29, 1.82) is 0 Å². The molecule has 2 unspecified atom stereocenters. The van der Waals surface area contributed by atoms with Gasteiger partial charge in [-0.2, -0.15) is 0 Å². The van der Waals surface area contributed by atoms with E-state index >= 15 is 0 Å². The summed E-state index contributed by atoms with van der Waals surface area (Å²) in [7, 11) is 0. The molecule has 2 fully saturated rings. The largest absolute Gasteiger partial charge is 0.480 e. The lowest BCUT2D eigenvalue weighted by atomic mass is 9.96. The van der Waals surface area contributed by atoms with Crippen molar-refractivity contribution < 1.29 is 28.2 Å². The van der Waals surface area contributed by atoms with E-state index in [1.54, 1.807) is 20.8 Å². The van der Waals surface area contributed by atoms with Gasteiger partial charge in [0.05, 0.1) is 5.41 Å². The first-order chi connectivity index (χ1) is 8.50. The van der Waals surface area contributed by atoms with Crippen LogP contribution in [-0.4, -0.2) is 46.2 Å². The molecule has 5 nitrogen and oxygen atoms in total. The number of carboxylic acid groups (broad SMARTS) is 1. The van der Waals surface area contributed by atoms with Crippen molar-refractivity contribution in [2.24, 2.45) is 5.41 Å². The van der Waals surface area contributed by atoms with Crippen molar-refractivity contribution in [3.05, 3.63) is 0 Å². The molecule has 2 rings (SSSR count). The molecule has 0 aromatic heterocycles. The van der Waals surface area contributed by atoms with Gasteiger partial charge in [-0.3, -0.25) is 4.90 Å². The number of carbonyl (C=O) groups excluding carboxylic acids is 1. The zero-order valence-electron chi connectivity index (χ0n) is 11.1. The molecule has 1 heterocycles. The summed E-state index contributed by atoms with van der Waals surface area (Å²) in [6.45, 7) is 4.90. The van der Waals surface area contributed by atoms with Gasteiger partial charge in [-0.05, 0) is 27.2 Å². The first-order valence-corrected chi connectivity index (χ1v) is 6.10. The van der Waals surface area contributed by atoms with Gasteiger partial charge in [-0.1, -0.05) is 0 Å². The highest BCUT2D eigenvalue weighted by molar-refractivity contribution is 5.83. The first-order valence-electron chi connectivity index (χ1n) is 6.10. The lowest BCUT2D eigenvalue weighted by Crippen LogP contribution is -2.47. The molecule has 1 aliphatic heterocycles. The van der Waals surface area contributed by atoms with Gasteiger partial charge in [0.25, 0.3) is 5.92 Å². The van der Waals surface area contributed by atoms with Crippen LogP contribution in [0, 0.1) is 5.41 Å². The molecule has 19 heavy (non-hydrogen) atoms. The van der Waals surface area contributed by atoms with E-state index in [4.69, 9.17) is 9.84 Å². The number of aliphatic carboxylic acids is 1. The quantitative estimate of drug-likeness (QED) is 0.797. The number of alkyl halides is 2. The summed E-state index contributed by atoms with van der Waals surface area (Å²) in [5.41, 5.74) is -2.39. The lowest BCUT2D eigenvalue weighted by molar-refractivity contribution is -0.145. The van der Waals surface area contributed by atoms with Crippen LogP contribution in [0.1, 0.15) is 33.6 Å². The van der Waals surface area contributed by atoms with Gasteiger partial charge in [0.1, 0.15) is 11.6 Å². The minimum Gasteiger partial charge on any atom is -0.480 e. The van der Waals surface area contributed by atoms with Crippen molar-refractivity contribution in [2.45, 2.75) is 51.2 Å². The first kappa shape index (κ1) is 14.0. The summed E-state index contributed by atoms with van der Waals surface area (Å²) in [6, 6.07) is -1.50. The maximum Gasteiger partial charge on any atom is 0.411 e. The normalized spacial score (nSPS) is 32.5. The molecule has 108 valence electrons. The molecule has 0 aromatic carbocycles. The monoisotopic (exact) mass is 277 g/mol. The van der Waals surface area contributed by atoms with Crippen molar-refractivity contribution in [3.8, 4) is 0 Å². The number of nitrogens with zero attached hydrogens (tertiary/aromatic N) is 1. The topological polar surface area (TPSA) is 66.8 Å². The number of hydrogen-bond acceptors (Lipinski definition) is 3. The third-order valence-electron chi connectivity index (χ3n) is 3.64. The molecule has 0 bridgehead atoms. The second-order valence-electron chi connectivity index (χ2n) is 6.20. The Kier molecular flexibility index (Phi) is 2.80. The van der Waals surface area contributed by atoms with Crippen LogP contribution in [0.25, 0.3) is 0 Å². The van der Waals surface area contributed by atoms with Gasteiger partial charge < -0.3 is 9.84 Å². The van der Waals surface area contributed by atoms with Crippen molar-refractivity contribution in [2.75, 3.05) is 6.54 Å². The molecule has 2 atom stereocenters. The Hall–Kier alpha value is -1.40. The summed E-state index contributed by atoms with van der Waals surface area (Å²) in [6.07, 6.45) is -1.33. The van der Waals surface area contributed by atoms with Crippen LogP contribution in [0.4, 0.5) is 13.6 Å². The third kappa shape index (κ3) is 2.15. The molecule has 2 aliphatic rings. The average molecular weight is 277 g/mol. The summed E-state index contributed by atoms with van der Waals surface area (Å²) in [5, 5.41) is 9.16. The van der Waals surface area contributed by atoms with Crippen LogP contribution in [0.15, 0.2) is 0 Å². The number of likely N-dealkylation sites (tertiary alicyclic amines) is 1. The van der Waals surface area contributed by atoms with Crippen LogP contribution in [0.3, 0.4) is 0 Å². The van der Waals surface area contributed by atoms with E-state index in [1.165, 1.54) is 0 Å². The van der Waals surface area contributed by atoms with Gasteiger partial charge in [-0.15, -0.1) is 0 Å². The fraction of sp³-hybridized carbons (Fsp3) is 0.833. The summed E-state index contributed by atoms with van der Waals surface area (Å²) in [5.74, 6) is -4.41. The standard InChI is InChI=1S/C12H17F2NO4/c1-10(2,3)19-9(18)15-5-4-11(6-12(11,13)14)7(15)8(16)17/h7H,4-6H2,1-3H3,(H,16,17). The molecule has 0 aromatic rings. The maximum atomic E-state index is 13.4. The second-order valence-corrected chi connectivity index (χ2v) is 6.20. The van der Waals surface area contributed by atoms with Crippen LogP contribution in [0.5, 0.6) is 0 Å². The fourth-order valence-corrected chi connectivity index (χ4v) is 2.69. The summed E-state index contributed by atoms with van der Waals surface area (Å²) in [4.78, 5) is 24.1. The van der Waals surface area contributed by atoms with Gasteiger partial charge in [0, 0.05) is 13.0 Å². The van der Waals surface area contributed by atoms with E-state index in [-0.39, 0.29) is 13.0 Å². The molecule has 1 saturated heterocycles. The Bertz CT molecular complexity index is 432.